The molecule has 1 N–H and O–H groups in total. The molecule has 1 amide bonds. The van der Waals surface area contributed by atoms with Gasteiger partial charge in [-0.1, -0.05) is 24.3 Å². The minimum absolute atomic E-state index is 0.270. The van der Waals surface area contributed by atoms with Gasteiger partial charge < -0.3 is 10.1 Å². The minimum Gasteiger partial charge on any atom is -0.465 e. The van der Waals surface area contributed by atoms with Crippen LogP contribution in [0.2, 0.25) is 0 Å². The first-order valence-electron chi connectivity index (χ1n) is 10.8. The smallest absolute Gasteiger partial charge is 0.337 e. The van der Waals surface area contributed by atoms with Crippen LogP contribution in [0.25, 0.3) is 21.3 Å². The Labute approximate surface area is 201 Å². The molecule has 1 unspecified atom stereocenters. The standard InChI is InChI=1S/C26H25N3O4S/c1-14-9-10-18(11-15(14)2)21-17(4)34-24-22(21)25(31)29(13-27-24)16(3)23(30)28-20-8-6-7-19(12-20)26(32)33-5/h6-13,16H,1-5H3,(H,28,30). The summed E-state index contributed by atoms with van der Waals surface area (Å²) in [6.07, 6.45) is 1.42. The summed E-state index contributed by atoms with van der Waals surface area (Å²) in [5, 5.41) is 3.28. The summed E-state index contributed by atoms with van der Waals surface area (Å²) in [5.41, 5.74) is 4.62. The van der Waals surface area contributed by atoms with E-state index in [1.165, 1.54) is 41.0 Å². The van der Waals surface area contributed by atoms with E-state index in [9.17, 15) is 14.4 Å². The van der Waals surface area contributed by atoms with E-state index in [4.69, 9.17) is 4.74 Å². The second kappa shape index (κ2) is 9.23. The Balaban J connectivity index is 1.71. The Morgan fingerprint density at radius 2 is 1.85 bits per heavy atom. The summed E-state index contributed by atoms with van der Waals surface area (Å²) in [7, 11) is 1.30. The fourth-order valence-electron chi connectivity index (χ4n) is 3.85. The molecule has 0 radical (unpaired) electrons. The molecular weight excluding hydrogens is 450 g/mol. The zero-order chi connectivity index (χ0) is 24.6. The number of hydrogen-bond acceptors (Lipinski definition) is 6. The van der Waals surface area contributed by atoms with Crippen LogP contribution in [-0.2, 0) is 9.53 Å². The molecule has 7 nitrogen and oxygen atoms in total. The zero-order valence-corrected chi connectivity index (χ0v) is 20.4. The van der Waals surface area contributed by atoms with Crippen molar-refractivity contribution in [2.24, 2.45) is 0 Å². The van der Waals surface area contributed by atoms with E-state index in [1.807, 2.05) is 32.9 Å². The van der Waals surface area contributed by atoms with Crippen LogP contribution < -0.4 is 10.9 Å². The van der Waals surface area contributed by atoms with Gasteiger partial charge in [-0.2, -0.15) is 0 Å². The average molecular weight is 476 g/mol. The third kappa shape index (κ3) is 4.24. The first-order chi connectivity index (χ1) is 16.2. The summed E-state index contributed by atoms with van der Waals surface area (Å²) in [6.45, 7) is 7.71. The van der Waals surface area contributed by atoms with Gasteiger partial charge in [0, 0.05) is 16.1 Å². The number of rotatable bonds is 5. The largest absolute Gasteiger partial charge is 0.465 e. The predicted molar refractivity (Wildman–Crippen MR) is 135 cm³/mol. The van der Waals surface area contributed by atoms with Gasteiger partial charge in [0.25, 0.3) is 5.56 Å². The molecule has 2 heterocycles. The van der Waals surface area contributed by atoms with Gasteiger partial charge in [-0.15, -0.1) is 11.3 Å². The summed E-state index contributed by atoms with van der Waals surface area (Å²) in [4.78, 5) is 44.4. The van der Waals surface area contributed by atoms with E-state index in [0.29, 0.717) is 21.5 Å². The van der Waals surface area contributed by atoms with Crippen LogP contribution in [0, 0.1) is 20.8 Å². The Morgan fingerprint density at radius 3 is 2.56 bits per heavy atom. The molecule has 8 heteroatoms. The molecule has 174 valence electrons. The van der Waals surface area contributed by atoms with Crippen molar-refractivity contribution in [3.63, 3.8) is 0 Å². The molecule has 0 aliphatic rings. The molecular formula is C26H25N3O4S. The Morgan fingerprint density at radius 1 is 1.09 bits per heavy atom. The number of ether oxygens (including phenoxy) is 1. The first-order valence-corrected chi connectivity index (χ1v) is 11.6. The lowest BCUT2D eigenvalue weighted by Gasteiger charge is -2.15. The summed E-state index contributed by atoms with van der Waals surface area (Å²) in [6, 6.07) is 11.8. The van der Waals surface area contributed by atoms with Gasteiger partial charge in [0.1, 0.15) is 10.9 Å². The highest BCUT2D eigenvalue weighted by Gasteiger charge is 2.22. The predicted octanol–water partition coefficient (Wildman–Crippen LogP) is 5.04. The highest BCUT2D eigenvalue weighted by molar-refractivity contribution is 7.19. The maximum atomic E-state index is 13.6. The topological polar surface area (TPSA) is 90.3 Å². The van der Waals surface area contributed by atoms with Crippen molar-refractivity contribution in [1.29, 1.82) is 0 Å². The number of nitrogens with one attached hydrogen (secondary N) is 1. The summed E-state index contributed by atoms with van der Waals surface area (Å²) in [5.74, 6) is -0.897. The van der Waals surface area contributed by atoms with Crippen LogP contribution >= 0.6 is 11.3 Å². The highest BCUT2D eigenvalue weighted by atomic mass is 32.1. The number of methoxy groups -OCH3 is 1. The maximum absolute atomic E-state index is 13.6. The van der Waals surface area contributed by atoms with Crippen molar-refractivity contribution in [3.8, 4) is 11.1 Å². The summed E-state index contributed by atoms with van der Waals surface area (Å²) < 4.78 is 6.07. The summed E-state index contributed by atoms with van der Waals surface area (Å²) >= 11 is 1.47. The molecule has 34 heavy (non-hydrogen) atoms. The van der Waals surface area contributed by atoms with Crippen LogP contribution in [0.15, 0.2) is 53.6 Å². The van der Waals surface area contributed by atoms with E-state index >= 15 is 0 Å². The second-order valence-electron chi connectivity index (χ2n) is 8.21. The number of fused-ring (bicyclic) bond motifs is 1. The van der Waals surface area contributed by atoms with E-state index in [2.05, 4.69) is 16.4 Å². The number of amides is 1. The van der Waals surface area contributed by atoms with Crippen molar-refractivity contribution in [2.75, 3.05) is 12.4 Å². The van der Waals surface area contributed by atoms with Gasteiger partial charge in [-0.05, 0) is 62.6 Å². The van der Waals surface area contributed by atoms with E-state index in [0.717, 1.165) is 21.6 Å². The number of anilines is 1. The third-order valence-electron chi connectivity index (χ3n) is 5.96. The number of aromatic nitrogens is 2. The number of nitrogens with zero attached hydrogens (tertiary/aromatic N) is 2. The molecule has 0 spiro atoms. The van der Waals surface area contributed by atoms with Crippen molar-refractivity contribution in [3.05, 3.63) is 80.7 Å². The fourth-order valence-corrected chi connectivity index (χ4v) is 4.85. The SMILES string of the molecule is COC(=O)c1cccc(NC(=O)C(C)n2cnc3sc(C)c(-c4ccc(C)c(C)c4)c3c2=O)c1. The average Bonchev–Trinajstić information content (AvgIpc) is 3.17. The Hall–Kier alpha value is -3.78. The number of thiophene rings is 1. The number of hydrogen-bond donors (Lipinski definition) is 1. The molecule has 2 aromatic carbocycles. The lowest BCUT2D eigenvalue weighted by atomic mass is 9.99. The lowest BCUT2D eigenvalue weighted by Crippen LogP contribution is -2.31. The molecule has 4 rings (SSSR count). The van der Waals surface area contributed by atoms with E-state index in [1.54, 1.807) is 25.1 Å². The Bertz CT molecular complexity index is 1490. The lowest BCUT2D eigenvalue weighted by molar-refractivity contribution is -0.118. The number of aryl methyl sites for hydroxylation is 3. The van der Waals surface area contributed by atoms with Crippen molar-refractivity contribution < 1.29 is 14.3 Å². The van der Waals surface area contributed by atoms with Crippen molar-refractivity contribution in [2.45, 2.75) is 33.7 Å². The van der Waals surface area contributed by atoms with Crippen LogP contribution in [0.1, 0.15) is 39.3 Å². The quantitative estimate of drug-likeness (QED) is 0.409. The van der Waals surface area contributed by atoms with Crippen LogP contribution in [-0.4, -0.2) is 28.5 Å². The molecule has 2 aromatic heterocycles. The van der Waals surface area contributed by atoms with E-state index < -0.39 is 17.9 Å². The van der Waals surface area contributed by atoms with Crippen LogP contribution in [0.5, 0.6) is 0 Å². The second-order valence-corrected chi connectivity index (χ2v) is 9.41. The highest BCUT2D eigenvalue weighted by Crippen LogP contribution is 2.36. The van der Waals surface area contributed by atoms with Crippen LogP contribution in [0.4, 0.5) is 5.69 Å². The van der Waals surface area contributed by atoms with Gasteiger partial charge in [0.2, 0.25) is 5.91 Å². The van der Waals surface area contributed by atoms with Crippen molar-refractivity contribution >= 4 is 39.1 Å². The molecule has 0 saturated carbocycles. The first kappa shape index (κ1) is 23.4. The molecule has 0 saturated heterocycles. The fraction of sp³-hybridized carbons (Fsp3) is 0.231. The van der Waals surface area contributed by atoms with Gasteiger partial charge in [-0.25, -0.2) is 9.78 Å². The third-order valence-corrected chi connectivity index (χ3v) is 6.97. The van der Waals surface area contributed by atoms with Gasteiger partial charge >= 0.3 is 5.97 Å². The number of carbonyl (C=O) groups excluding carboxylic acids is 2. The molecule has 0 fully saturated rings. The minimum atomic E-state index is -0.820. The van der Waals surface area contributed by atoms with Gasteiger partial charge in [0.05, 0.1) is 24.4 Å². The normalized spacial score (nSPS) is 11.9. The molecule has 1 atom stereocenters. The van der Waals surface area contributed by atoms with E-state index in [-0.39, 0.29) is 5.56 Å². The number of esters is 1. The maximum Gasteiger partial charge on any atom is 0.337 e. The number of benzene rings is 2. The Kier molecular flexibility index (Phi) is 6.34. The molecule has 0 aliphatic carbocycles. The molecule has 4 aromatic rings. The van der Waals surface area contributed by atoms with Gasteiger partial charge in [0.15, 0.2) is 0 Å². The van der Waals surface area contributed by atoms with Crippen molar-refractivity contribution in [1.82, 2.24) is 9.55 Å². The molecule has 0 bridgehead atoms. The van der Waals surface area contributed by atoms with Crippen LogP contribution in [0.3, 0.4) is 0 Å². The monoisotopic (exact) mass is 475 g/mol. The molecule has 0 aliphatic heterocycles. The van der Waals surface area contributed by atoms with Gasteiger partial charge in [-0.3, -0.25) is 14.2 Å². The zero-order valence-electron chi connectivity index (χ0n) is 19.6. The number of carbonyl (C=O) groups is 2.